The molecule has 14 heavy (non-hydrogen) atoms. The third kappa shape index (κ3) is 1.24. The van der Waals surface area contributed by atoms with Crippen molar-refractivity contribution in [3.8, 4) is 0 Å². The lowest BCUT2D eigenvalue weighted by molar-refractivity contribution is 0.176. The monoisotopic (exact) mass is 191 g/mol. The van der Waals surface area contributed by atoms with E-state index in [4.69, 9.17) is 10.5 Å². The van der Waals surface area contributed by atoms with E-state index in [1.165, 1.54) is 0 Å². The van der Waals surface area contributed by atoms with Crippen LogP contribution in [-0.2, 0) is 18.4 Å². The van der Waals surface area contributed by atoms with Crippen LogP contribution in [0.3, 0.4) is 0 Å². The molecule has 0 amide bonds. The molecular weight excluding hydrogens is 178 g/mol. The Balaban J connectivity index is 2.67. The van der Waals surface area contributed by atoms with Gasteiger partial charge in [-0.2, -0.15) is 0 Å². The van der Waals surface area contributed by atoms with E-state index in [1.807, 2.05) is 29.8 Å². The minimum atomic E-state index is 0.505. The van der Waals surface area contributed by atoms with Gasteiger partial charge >= 0.3 is 0 Å². The highest BCUT2D eigenvalue weighted by molar-refractivity contribution is 5.87. The van der Waals surface area contributed by atoms with Crippen molar-refractivity contribution in [3.05, 3.63) is 24.0 Å². The number of nitrogens with zero attached hydrogens (tertiary/aromatic N) is 2. The lowest BCUT2D eigenvalue weighted by atomic mass is 10.3. The second-order valence-corrected chi connectivity index (χ2v) is 3.24. The second kappa shape index (κ2) is 3.31. The molecule has 0 unspecified atom stereocenters. The van der Waals surface area contributed by atoms with Crippen LogP contribution in [0, 0.1) is 0 Å². The van der Waals surface area contributed by atoms with Crippen LogP contribution < -0.4 is 5.73 Å². The zero-order chi connectivity index (χ0) is 10.1. The average Bonchev–Trinajstić information content (AvgIpc) is 2.48. The molecule has 2 aromatic rings. The zero-order valence-electron chi connectivity index (χ0n) is 8.32. The molecule has 0 atom stereocenters. The summed E-state index contributed by atoms with van der Waals surface area (Å²) in [6.07, 6.45) is 0. The summed E-state index contributed by atoms with van der Waals surface area (Å²) in [5, 5.41) is 0. The summed E-state index contributed by atoms with van der Waals surface area (Å²) in [7, 11) is 3.62. The molecule has 0 fully saturated rings. The third-order valence-corrected chi connectivity index (χ3v) is 2.31. The lowest BCUT2D eigenvalue weighted by Crippen LogP contribution is -1.98. The summed E-state index contributed by atoms with van der Waals surface area (Å²) in [5.74, 6) is 0.889. The van der Waals surface area contributed by atoms with Crippen molar-refractivity contribution < 1.29 is 4.74 Å². The molecule has 0 bridgehead atoms. The van der Waals surface area contributed by atoms with Gasteiger partial charge in [0.1, 0.15) is 17.9 Å². The van der Waals surface area contributed by atoms with Crippen LogP contribution in [0.25, 0.3) is 11.0 Å². The molecule has 74 valence electrons. The number of nitrogens with two attached hydrogens (primary N) is 1. The number of benzene rings is 1. The summed E-state index contributed by atoms with van der Waals surface area (Å²) < 4.78 is 7.05. The average molecular weight is 191 g/mol. The topological polar surface area (TPSA) is 53.1 Å². The molecule has 0 aliphatic rings. The van der Waals surface area contributed by atoms with E-state index in [0.717, 1.165) is 16.9 Å². The molecule has 0 aliphatic carbocycles. The van der Waals surface area contributed by atoms with Gasteiger partial charge in [-0.25, -0.2) is 4.98 Å². The largest absolute Gasteiger partial charge is 0.397 e. The van der Waals surface area contributed by atoms with Gasteiger partial charge in [-0.1, -0.05) is 6.07 Å². The van der Waals surface area contributed by atoms with Crippen LogP contribution in [-0.4, -0.2) is 16.7 Å². The van der Waals surface area contributed by atoms with E-state index in [9.17, 15) is 0 Å². The molecule has 2 N–H and O–H groups in total. The Morgan fingerprint density at radius 1 is 1.50 bits per heavy atom. The van der Waals surface area contributed by atoms with Crippen LogP contribution >= 0.6 is 0 Å². The van der Waals surface area contributed by atoms with Gasteiger partial charge in [0.15, 0.2) is 0 Å². The van der Waals surface area contributed by atoms with E-state index < -0.39 is 0 Å². The van der Waals surface area contributed by atoms with E-state index in [1.54, 1.807) is 7.11 Å². The molecule has 0 radical (unpaired) electrons. The number of ether oxygens (including phenoxy) is 1. The van der Waals surface area contributed by atoms with Crippen LogP contribution in [0.5, 0.6) is 0 Å². The Labute approximate surface area is 82.3 Å². The molecular formula is C10H13N3O. The Morgan fingerprint density at radius 2 is 2.29 bits per heavy atom. The summed E-state index contributed by atoms with van der Waals surface area (Å²) in [6, 6.07) is 5.78. The lowest BCUT2D eigenvalue weighted by Gasteiger charge is -1.99. The van der Waals surface area contributed by atoms with Gasteiger partial charge in [0, 0.05) is 14.2 Å². The van der Waals surface area contributed by atoms with Gasteiger partial charge in [-0.05, 0) is 12.1 Å². The predicted octanol–water partition coefficient (Wildman–Crippen LogP) is 1.30. The zero-order valence-corrected chi connectivity index (χ0v) is 8.32. The molecule has 0 aliphatic heterocycles. The van der Waals surface area contributed by atoms with Crippen LogP contribution in [0.1, 0.15) is 5.82 Å². The minimum Gasteiger partial charge on any atom is -0.397 e. The number of hydrogen-bond donors (Lipinski definition) is 1. The number of aromatic nitrogens is 2. The number of hydrogen-bond acceptors (Lipinski definition) is 3. The summed E-state index contributed by atoms with van der Waals surface area (Å²) in [4.78, 5) is 4.41. The van der Waals surface area contributed by atoms with Crippen molar-refractivity contribution >= 4 is 16.7 Å². The fourth-order valence-electron chi connectivity index (χ4n) is 1.54. The molecule has 1 heterocycles. The van der Waals surface area contributed by atoms with Gasteiger partial charge in [0.05, 0.1) is 11.2 Å². The predicted molar refractivity (Wildman–Crippen MR) is 55.8 cm³/mol. The van der Waals surface area contributed by atoms with Gasteiger partial charge in [-0.15, -0.1) is 0 Å². The maximum Gasteiger partial charge on any atom is 0.135 e. The molecule has 1 aromatic carbocycles. The van der Waals surface area contributed by atoms with E-state index in [0.29, 0.717) is 12.3 Å². The normalized spacial score (nSPS) is 11.0. The standard InChI is InChI=1S/C10H13N3O/c1-13-8-5-3-4-7(11)10(8)12-9(13)6-14-2/h3-5H,6,11H2,1-2H3. The first kappa shape index (κ1) is 9.02. The number of fused-ring (bicyclic) bond motifs is 1. The number of aryl methyl sites for hydroxylation is 1. The molecule has 4 nitrogen and oxygen atoms in total. The maximum absolute atomic E-state index is 5.82. The van der Waals surface area contributed by atoms with E-state index >= 15 is 0 Å². The van der Waals surface area contributed by atoms with Gasteiger partial charge in [0.2, 0.25) is 0 Å². The van der Waals surface area contributed by atoms with E-state index in [-0.39, 0.29) is 0 Å². The van der Waals surface area contributed by atoms with Crippen LogP contribution in [0.2, 0.25) is 0 Å². The number of para-hydroxylation sites is 1. The van der Waals surface area contributed by atoms with Crippen molar-refractivity contribution in [2.45, 2.75) is 6.61 Å². The Kier molecular flexibility index (Phi) is 2.13. The number of methoxy groups -OCH3 is 1. The third-order valence-electron chi connectivity index (χ3n) is 2.31. The molecule has 4 heteroatoms. The molecule has 0 spiro atoms. The minimum absolute atomic E-state index is 0.505. The highest BCUT2D eigenvalue weighted by atomic mass is 16.5. The fourth-order valence-corrected chi connectivity index (χ4v) is 1.54. The Bertz CT molecular complexity index is 462. The summed E-state index contributed by atoms with van der Waals surface area (Å²) in [5.41, 5.74) is 8.41. The van der Waals surface area contributed by atoms with Gasteiger partial charge in [0.25, 0.3) is 0 Å². The maximum atomic E-state index is 5.82. The summed E-state index contributed by atoms with van der Waals surface area (Å²) >= 11 is 0. The quantitative estimate of drug-likeness (QED) is 0.728. The first-order valence-electron chi connectivity index (χ1n) is 4.42. The summed E-state index contributed by atoms with van der Waals surface area (Å²) in [6.45, 7) is 0.505. The van der Waals surface area contributed by atoms with Crippen LogP contribution in [0.4, 0.5) is 5.69 Å². The molecule has 1 aromatic heterocycles. The molecule has 0 saturated heterocycles. The van der Waals surface area contributed by atoms with Crippen LogP contribution in [0.15, 0.2) is 18.2 Å². The number of imidazole rings is 1. The number of nitrogen functional groups attached to an aromatic ring is 1. The van der Waals surface area contributed by atoms with Crippen molar-refractivity contribution in [2.24, 2.45) is 7.05 Å². The van der Waals surface area contributed by atoms with Crippen molar-refractivity contribution in [3.63, 3.8) is 0 Å². The SMILES string of the molecule is COCc1nc2c(N)cccc2n1C. The number of anilines is 1. The highest BCUT2D eigenvalue weighted by Crippen LogP contribution is 2.20. The first-order chi connectivity index (χ1) is 6.74. The van der Waals surface area contributed by atoms with Crippen molar-refractivity contribution in [2.75, 3.05) is 12.8 Å². The molecule has 0 saturated carbocycles. The van der Waals surface area contributed by atoms with Crippen molar-refractivity contribution in [1.29, 1.82) is 0 Å². The first-order valence-corrected chi connectivity index (χ1v) is 4.42. The highest BCUT2D eigenvalue weighted by Gasteiger charge is 2.08. The smallest absolute Gasteiger partial charge is 0.135 e. The Hall–Kier alpha value is -1.55. The van der Waals surface area contributed by atoms with E-state index in [2.05, 4.69) is 4.98 Å². The second-order valence-electron chi connectivity index (χ2n) is 3.24. The Morgan fingerprint density at radius 3 is 2.93 bits per heavy atom. The molecule has 2 rings (SSSR count). The van der Waals surface area contributed by atoms with Gasteiger partial charge < -0.3 is 15.0 Å². The van der Waals surface area contributed by atoms with Gasteiger partial charge in [-0.3, -0.25) is 0 Å². The fraction of sp³-hybridized carbons (Fsp3) is 0.300. The number of rotatable bonds is 2. The van der Waals surface area contributed by atoms with Crippen molar-refractivity contribution in [1.82, 2.24) is 9.55 Å².